The van der Waals surface area contributed by atoms with Crippen LogP contribution < -0.4 is 4.74 Å². The Morgan fingerprint density at radius 1 is 1.14 bits per heavy atom. The van der Waals surface area contributed by atoms with Crippen molar-refractivity contribution < 1.29 is 9.53 Å². The van der Waals surface area contributed by atoms with Gasteiger partial charge in [0, 0.05) is 43.4 Å². The van der Waals surface area contributed by atoms with Gasteiger partial charge in [-0.2, -0.15) is 16.9 Å². The second-order valence-corrected chi connectivity index (χ2v) is 8.63. The maximum absolute atomic E-state index is 12.1. The molecule has 4 rings (SSSR count). The Bertz CT molecular complexity index is 975. The number of ether oxygens (including phenoxy) is 1. The van der Waals surface area contributed by atoms with E-state index in [9.17, 15) is 4.79 Å². The summed E-state index contributed by atoms with van der Waals surface area (Å²) < 4.78 is 8.15. The Morgan fingerprint density at radius 2 is 1.90 bits per heavy atom. The number of aromatic nitrogens is 2. The number of pyridine rings is 1. The highest BCUT2D eigenvalue weighted by molar-refractivity contribution is 7.99. The van der Waals surface area contributed by atoms with Gasteiger partial charge in [0.25, 0.3) is 0 Å². The van der Waals surface area contributed by atoms with Crippen LogP contribution in [0.15, 0.2) is 48.7 Å². The predicted octanol–water partition coefficient (Wildman–Crippen LogP) is 4.43. The van der Waals surface area contributed by atoms with Crippen molar-refractivity contribution in [2.24, 2.45) is 0 Å². The van der Waals surface area contributed by atoms with Gasteiger partial charge in [-0.3, -0.25) is 4.79 Å². The summed E-state index contributed by atoms with van der Waals surface area (Å²) in [6.45, 7) is 5.75. The monoisotopic (exact) mass is 409 g/mol. The Labute approximate surface area is 176 Å². The average Bonchev–Trinajstić information content (AvgIpc) is 3.23. The number of aryl methyl sites for hydroxylation is 1. The van der Waals surface area contributed by atoms with Gasteiger partial charge in [0.15, 0.2) is 0 Å². The van der Waals surface area contributed by atoms with Gasteiger partial charge in [0.1, 0.15) is 11.9 Å². The fourth-order valence-corrected chi connectivity index (χ4v) is 4.40. The van der Waals surface area contributed by atoms with Crippen molar-refractivity contribution in [2.75, 3.05) is 24.6 Å². The van der Waals surface area contributed by atoms with Crippen molar-refractivity contribution in [2.45, 2.75) is 32.8 Å². The van der Waals surface area contributed by atoms with Gasteiger partial charge >= 0.3 is 0 Å². The van der Waals surface area contributed by atoms with E-state index in [4.69, 9.17) is 4.74 Å². The molecule has 1 amide bonds. The lowest BCUT2D eigenvalue weighted by molar-refractivity contribution is -0.130. The molecular formula is C23H27N3O2S. The Balaban J connectivity index is 1.36. The van der Waals surface area contributed by atoms with Gasteiger partial charge in [-0.05, 0) is 42.5 Å². The molecule has 1 aliphatic rings. The molecule has 6 heteroatoms. The summed E-state index contributed by atoms with van der Waals surface area (Å²) in [4.78, 5) is 14.1. The van der Waals surface area contributed by atoms with Gasteiger partial charge in [0.05, 0.1) is 11.3 Å². The van der Waals surface area contributed by atoms with Crippen molar-refractivity contribution in [1.29, 1.82) is 0 Å². The third kappa shape index (κ3) is 4.42. The molecule has 5 nitrogen and oxygen atoms in total. The van der Waals surface area contributed by atoms with E-state index in [1.54, 1.807) is 11.8 Å². The van der Waals surface area contributed by atoms with Crippen molar-refractivity contribution in [1.82, 2.24) is 14.5 Å². The number of piperidine rings is 1. The minimum atomic E-state index is 0.172. The summed E-state index contributed by atoms with van der Waals surface area (Å²) in [5, 5.41) is 4.40. The smallest absolute Gasteiger partial charge is 0.232 e. The zero-order chi connectivity index (χ0) is 20.2. The molecule has 0 spiro atoms. The maximum Gasteiger partial charge on any atom is 0.232 e. The molecule has 1 saturated heterocycles. The standard InChI is InChI=1S/C23H27N3O2S/c1-3-29-16-23(27)25-14-11-21(12-15-25)28-20-7-4-18(5-8-20)22-9-6-19-10-13-24-26(19)17(22)2/h4-10,13,21H,3,11-12,14-16H2,1-2H3. The first-order chi connectivity index (χ1) is 14.2. The zero-order valence-electron chi connectivity index (χ0n) is 17.0. The van der Waals surface area contributed by atoms with Crippen LogP contribution in [0.25, 0.3) is 16.6 Å². The topological polar surface area (TPSA) is 46.8 Å². The van der Waals surface area contributed by atoms with Crippen LogP contribution in [-0.2, 0) is 4.79 Å². The average molecular weight is 410 g/mol. The third-order valence-corrected chi connectivity index (χ3v) is 6.35. The Morgan fingerprint density at radius 3 is 2.62 bits per heavy atom. The summed E-state index contributed by atoms with van der Waals surface area (Å²) in [6, 6.07) is 14.5. The fraction of sp³-hybridized carbons (Fsp3) is 0.391. The van der Waals surface area contributed by atoms with E-state index in [1.807, 2.05) is 33.8 Å². The quantitative estimate of drug-likeness (QED) is 0.604. The molecule has 0 bridgehead atoms. The molecule has 0 atom stereocenters. The van der Waals surface area contributed by atoms with Crippen LogP contribution in [0.5, 0.6) is 5.75 Å². The molecule has 3 heterocycles. The summed E-state index contributed by atoms with van der Waals surface area (Å²) in [5.74, 6) is 2.71. The van der Waals surface area contributed by atoms with E-state index in [0.717, 1.165) is 54.2 Å². The number of nitrogens with zero attached hydrogens (tertiary/aromatic N) is 3. The zero-order valence-corrected chi connectivity index (χ0v) is 17.8. The normalized spacial score (nSPS) is 15.0. The van der Waals surface area contributed by atoms with Gasteiger partial charge in [-0.25, -0.2) is 4.52 Å². The van der Waals surface area contributed by atoms with Gasteiger partial charge in [-0.1, -0.05) is 25.1 Å². The number of benzene rings is 1. The molecule has 0 radical (unpaired) electrons. The first-order valence-corrected chi connectivity index (χ1v) is 11.4. The first kappa shape index (κ1) is 19.8. The number of thioether (sulfide) groups is 1. The lowest BCUT2D eigenvalue weighted by atomic mass is 10.0. The van der Waals surface area contributed by atoms with Crippen LogP contribution >= 0.6 is 11.8 Å². The molecule has 152 valence electrons. The van der Waals surface area contributed by atoms with Gasteiger partial charge in [0.2, 0.25) is 5.91 Å². The third-order valence-electron chi connectivity index (χ3n) is 5.49. The van der Waals surface area contributed by atoms with E-state index in [2.05, 4.69) is 43.2 Å². The van der Waals surface area contributed by atoms with E-state index >= 15 is 0 Å². The lowest BCUT2D eigenvalue weighted by Crippen LogP contribution is -2.42. The molecule has 2 aromatic heterocycles. The number of fused-ring (bicyclic) bond motifs is 1. The molecule has 0 aliphatic carbocycles. The summed E-state index contributed by atoms with van der Waals surface area (Å²) in [7, 11) is 0. The largest absolute Gasteiger partial charge is 0.490 e. The Kier molecular flexibility index (Phi) is 6.09. The number of carbonyl (C=O) groups excluding carboxylic acids is 1. The molecule has 0 unspecified atom stereocenters. The summed E-state index contributed by atoms with van der Waals surface area (Å²) >= 11 is 1.69. The molecular weight excluding hydrogens is 382 g/mol. The predicted molar refractivity (Wildman–Crippen MR) is 119 cm³/mol. The molecule has 0 saturated carbocycles. The van der Waals surface area contributed by atoms with Crippen LogP contribution in [0.3, 0.4) is 0 Å². The van der Waals surface area contributed by atoms with E-state index in [0.29, 0.717) is 5.75 Å². The van der Waals surface area contributed by atoms with Gasteiger partial charge in [-0.15, -0.1) is 0 Å². The minimum Gasteiger partial charge on any atom is -0.490 e. The summed E-state index contributed by atoms with van der Waals surface area (Å²) in [5.41, 5.74) is 4.55. The first-order valence-electron chi connectivity index (χ1n) is 10.2. The van der Waals surface area contributed by atoms with Crippen LogP contribution in [0.2, 0.25) is 0 Å². The second kappa shape index (κ2) is 8.91. The van der Waals surface area contributed by atoms with Crippen molar-refractivity contribution in [3.63, 3.8) is 0 Å². The number of rotatable bonds is 6. The molecule has 29 heavy (non-hydrogen) atoms. The second-order valence-electron chi connectivity index (χ2n) is 7.36. The number of hydrogen-bond acceptors (Lipinski definition) is 4. The fourth-order valence-electron chi connectivity index (χ4n) is 3.84. The number of hydrogen-bond donors (Lipinski definition) is 0. The van der Waals surface area contributed by atoms with E-state index in [-0.39, 0.29) is 12.0 Å². The number of likely N-dealkylation sites (tertiary alicyclic amines) is 1. The molecule has 0 N–H and O–H groups in total. The highest BCUT2D eigenvalue weighted by atomic mass is 32.2. The minimum absolute atomic E-state index is 0.172. The molecule has 1 fully saturated rings. The molecule has 1 aliphatic heterocycles. The van der Waals surface area contributed by atoms with Crippen LogP contribution in [0, 0.1) is 6.92 Å². The highest BCUT2D eigenvalue weighted by Crippen LogP contribution is 2.27. The molecule has 3 aromatic rings. The number of amides is 1. The number of carbonyl (C=O) groups is 1. The lowest BCUT2D eigenvalue weighted by Gasteiger charge is -2.32. The van der Waals surface area contributed by atoms with Crippen molar-refractivity contribution in [3.05, 3.63) is 54.4 Å². The highest BCUT2D eigenvalue weighted by Gasteiger charge is 2.23. The van der Waals surface area contributed by atoms with Crippen molar-refractivity contribution >= 4 is 23.2 Å². The van der Waals surface area contributed by atoms with Crippen LogP contribution in [-0.4, -0.2) is 51.1 Å². The van der Waals surface area contributed by atoms with E-state index in [1.165, 1.54) is 5.56 Å². The van der Waals surface area contributed by atoms with Gasteiger partial charge < -0.3 is 9.64 Å². The maximum atomic E-state index is 12.1. The van der Waals surface area contributed by atoms with Crippen LogP contribution in [0.1, 0.15) is 25.5 Å². The van der Waals surface area contributed by atoms with Crippen LogP contribution in [0.4, 0.5) is 0 Å². The van der Waals surface area contributed by atoms with E-state index < -0.39 is 0 Å². The summed E-state index contributed by atoms with van der Waals surface area (Å²) in [6.07, 6.45) is 3.77. The van der Waals surface area contributed by atoms with Crippen molar-refractivity contribution in [3.8, 4) is 16.9 Å². The molecule has 1 aromatic carbocycles. The SMILES string of the molecule is CCSCC(=O)N1CCC(Oc2ccc(-c3ccc4ccnn4c3C)cc2)CC1. The Hall–Kier alpha value is -2.47.